The van der Waals surface area contributed by atoms with Crippen molar-refractivity contribution in [2.24, 2.45) is 0 Å². The molecule has 15 heteroatoms. The molecule has 0 aromatic heterocycles. The van der Waals surface area contributed by atoms with Gasteiger partial charge >= 0.3 is 0 Å². The first-order chi connectivity index (χ1) is 18.5. The predicted molar refractivity (Wildman–Crippen MR) is 152 cm³/mol. The van der Waals surface area contributed by atoms with E-state index in [2.05, 4.69) is 16.0 Å². The van der Waals surface area contributed by atoms with Crippen molar-refractivity contribution in [2.45, 2.75) is 75.8 Å². The van der Waals surface area contributed by atoms with Crippen LogP contribution in [0.4, 0.5) is 0 Å². The van der Waals surface area contributed by atoms with Crippen molar-refractivity contribution in [3.63, 3.8) is 0 Å². The van der Waals surface area contributed by atoms with Gasteiger partial charge in [-0.25, -0.2) is 4.90 Å². The van der Waals surface area contributed by atoms with E-state index in [4.69, 9.17) is 25.2 Å². The van der Waals surface area contributed by atoms with Gasteiger partial charge in [0, 0.05) is 19.6 Å². The number of nitrogens with zero attached hydrogens (tertiary/aromatic N) is 4. The van der Waals surface area contributed by atoms with Gasteiger partial charge in [0.25, 0.3) is 0 Å². The van der Waals surface area contributed by atoms with E-state index in [9.17, 15) is 15.0 Å². The molecule has 9 N–H and O–H groups in total. The van der Waals surface area contributed by atoms with Crippen LogP contribution < -0.4 is 16.0 Å². The zero-order chi connectivity index (χ0) is 31.2. The first-order valence-corrected chi connectivity index (χ1v) is 13.6. The highest BCUT2D eigenvalue weighted by atomic mass is 16.6. The second-order valence-electron chi connectivity index (χ2n) is 11.3. The molecule has 0 saturated carbocycles. The lowest BCUT2D eigenvalue weighted by Crippen LogP contribution is -2.64. The van der Waals surface area contributed by atoms with E-state index < -0.39 is 30.6 Å². The van der Waals surface area contributed by atoms with E-state index in [1.165, 1.54) is 0 Å². The van der Waals surface area contributed by atoms with Gasteiger partial charge in [0.2, 0.25) is 5.91 Å². The van der Waals surface area contributed by atoms with Crippen LogP contribution >= 0.6 is 0 Å². The molecule has 0 aromatic carbocycles. The number of hydrogen-bond donors (Lipinski definition) is 9. The lowest BCUT2D eigenvalue weighted by atomic mass is 10.1. The maximum Gasteiger partial charge on any atom is 0.241 e. The Labute approximate surface area is 239 Å². The van der Waals surface area contributed by atoms with Gasteiger partial charge in [0.1, 0.15) is 30.6 Å². The van der Waals surface area contributed by atoms with Crippen LogP contribution in [-0.2, 0) is 9.53 Å². The fourth-order valence-electron chi connectivity index (χ4n) is 4.42. The molecule has 15 nitrogen and oxygen atoms in total. The van der Waals surface area contributed by atoms with Crippen LogP contribution in [0.2, 0.25) is 0 Å². The summed E-state index contributed by atoms with van der Waals surface area (Å²) >= 11 is 0. The maximum absolute atomic E-state index is 11.7. The average Bonchev–Trinajstić information content (AvgIpc) is 3.34. The van der Waals surface area contributed by atoms with Gasteiger partial charge in [0.15, 0.2) is 0 Å². The molecule has 9 atom stereocenters. The van der Waals surface area contributed by atoms with Crippen LogP contribution in [0.5, 0.6) is 0 Å². The van der Waals surface area contributed by atoms with E-state index in [1.54, 1.807) is 25.7 Å². The number of fused-ring (bicyclic) bond motifs is 1. The van der Waals surface area contributed by atoms with Gasteiger partial charge in [-0.2, -0.15) is 0 Å². The molecule has 3 saturated heterocycles. The molecule has 0 aliphatic carbocycles. The zero-order valence-electron chi connectivity index (χ0n) is 25.7. The topological polar surface area (TPSA) is 197 Å². The number of aliphatic hydroxyl groups excluding tert-OH is 6. The number of carbonyl (C=O) groups excluding carboxylic acids is 1. The van der Waals surface area contributed by atoms with E-state index >= 15 is 0 Å². The summed E-state index contributed by atoms with van der Waals surface area (Å²) in [6.45, 7) is 7.91. The van der Waals surface area contributed by atoms with Gasteiger partial charge in [0.05, 0.1) is 44.4 Å². The molecule has 3 heterocycles. The third-order valence-electron chi connectivity index (χ3n) is 5.76. The second kappa shape index (κ2) is 20.0. The molecular formula is C25H57N7O8. The van der Waals surface area contributed by atoms with Gasteiger partial charge < -0.3 is 55.4 Å². The predicted octanol–water partition coefficient (Wildman–Crippen LogP) is -4.55. The van der Waals surface area contributed by atoms with Crippen LogP contribution in [0.15, 0.2) is 0 Å². The summed E-state index contributed by atoms with van der Waals surface area (Å²) in [6.07, 6.45) is -4.72. The van der Waals surface area contributed by atoms with Crippen molar-refractivity contribution in [1.82, 2.24) is 35.6 Å². The summed E-state index contributed by atoms with van der Waals surface area (Å²) in [4.78, 5) is 19.3. The fraction of sp³-hybridized carbons (Fsp3) is 0.960. The minimum Gasteiger partial charge on any atom is -0.394 e. The number of ether oxygens (including phenoxy) is 1. The number of rotatable bonds is 8. The van der Waals surface area contributed by atoms with Crippen molar-refractivity contribution in [2.75, 3.05) is 81.9 Å². The van der Waals surface area contributed by atoms with Gasteiger partial charge in [-0.3, -0.25) is 15.4 Å². The average molecular weight is 584 g/mol. The largest absolute Gasteiger partial charge is 0.394 e. The van der Waals surface area contributed by atoms with Crippen LogP contribution in [0.3, 0.4) is 0 Å². The number of likely N-dealkylation sites (N-methyl/N-ethyl adjacent to an activating group) is 3. The molecule has 3 rings (SSSR count). The third kappa shape index (κ3) is 15.3. The van der Waals surface area contributed by atoms with Crippen molar-refractivity contribution in [3.8, 4) is 0 Å². The van der Waals surface area contributed by atoms with Gasteiger partial charge in [-0.05, 0) is 63.1 Å². The summed E-state index contributed by atoms with van der Waals surface area (Å²) < 4.78 is 5.47. The van der Waals surface area contributed by atoms with Crippen LogP contribution in [-0.4, -0.2) is 193 Å². The first kappa shape index (κ1) is 39.0. The van der Waals surface area contributed by atoms with Crippen LogP contribution in [0.1, 0.15) is 20.8 Å². The number of nitrogens with one attached hydrogen (secondary N) is 3. The standard InChI is InChI=1S/C10H18N4O5.3C5H13NO/c15-1-4-6(16)7(17)10(19-4)14-3-13-5-8(14)11-2-12-9(5)18;3*1-5(7)4-6(2)3/h4-8,10-11,13,15-17H,1-3H2,(H,12,18);3*5,7H,4H2,1-3H3/t4-,5?,6-,7-,8?,10-;;;/m1.../s1. The molecule has 40 heavy (non-hydrogen) atoms. The fourth-order valence-corrected chi connectivity index (χ4v) is 4.42. The Morgan fingerprint density at radius 1 is 0.850 bits per heavy atom. The molecule has 0 bridgehead atoms. The monoisotopic (exact) mass is 583 g/mol. The van der Waals surface area contributed by atoms with Crippen LogP contribution in [0, 0.1) is 0 Å². The van der Waals surface area contributed by atoms with Crippen molar-refractivity contribution in [3.05, 3.63) is 0 Å². The molecule has 3 fully saturated rings. The second-order valence-corrected chi connectivity index (χ2v) is 11.3. The highest BCUT2D eigenvalue weighted by Crippen LogP contribution is 2.27. The summed E-state index contributed by atoms with van der Waals surface area (Å²) in [5, 5.41) is 63.7. The molecule has 1 amide bonds. The molecule has 0 spiro atoms. The lowest BCUT2D eigenvalue weighted by molar-refractivity contribution is -0.130. The Morgan fingerprint density at radius 2 is 1.30 bits per heavy atom. The lowest BCUT2D eigenvalue weighted by Gasteiger charge is -2.35. The Hall–Kier alpha value is -1.05. The summed E-state index contributed by atoms with van der Waals surface area (Å²) in [5.74, 6) is -0.113. The van der Waals surface area contributed by atoms with Crippen molar-refractivity contribution < 1.29 is 40.2 Å². The quantitative estimate of drug-likeness (QED) is 0.132. The Morgan fingerprint density at radius 3 is 1.62 bits per heavy atom. The highest BCUT2D eigenvalue weighted by Gasteiger charge is 2.51. The molecule has 240 valence electrons. The highest BCUT2D eigenvalue weighted by molar-refractivity contribution is 5.83. The number of carbonyl (C=O) groups is 1. The SMILES string of the molecule is CC(O)CN(C)C.CC(O)CN(C)C.CC(O)CN(C)C.O=C1NCNC2C1NCN2[C@@H]1O[C@H](CO)[C@@H](O)[C@H]1O. The van der Waals surface area contributed by atoms with Gasteiger partial charge in [-0.1, -0.05) is 0 Å². The smallest absolute Gasteiger partial charge is 0.241 e. The van der Waals surface area contributed by atoms with Crippen molar-refractivity contribution in [1.29, 1.82) is 0 Å². The van der Waals surface area contributed by atoms with E-state index in [1.807, 2.05) is 57.0 Å². The summed E-state index contributed by atoms with van der Waals surface area (Å²) in [7, 11) is 11.6. The summed E-state index contributed by atoms with van der Waals surface area (Å²) in [5.41, 5.74) is 0. The number of aliphatic hydroxyl groups is 6. The molecular weight excluding hydrogens is 526 g/mol. The third-order valence-corrected chi connectivity index (χ3v) is 5.76. The van der Waals surface area contributed by atoms with Crippen LogP contribution in [0.25, 0.3) is 0 Å². The Balaban J connectivity index is 0.000000603. The molecule has 3 aliphatic heterocycles. The summed E-state index contributed by atoms with van der Waals surface area (Å²) in [6, 6.07) is -0.421. The normalized spacial score (nSPS) is 30.3. The minimum atomic E-state index is -1.13. The molecule has 0 aromatic rings. The first-order valence-electron chi connectivity index (χ1n) is 13.6. The Bertz CT molecular complexity index is 622. The van der Waals surface area contributed by atoms with E-state index in [0.717, 1.165) is 19.6 Å². The zero-order valence-corrected chi connectivity index (χ0v) is 25.7. The molecule has 0 radical (unpaired) electrons. The minimum absolute atomic E-state index is 0.113. The van der Waals surface area contributed by atoms with Gasteiger partial charge in [-0.15, -0.1) is 0 Å². The number of hydrogen-bond acceptors (Lipinski definition) is 14. The van der Waals surface area contributed by atoms with Crippen molar-refractivity contribution >= 4 is 5.91 Å². The molecule has 5 unspecified atom stereocenters. The van der Waals surface area contributed by atoms with E-state index in [-0.39, 0.29) is 37.0 Å². The molecule has 3 aliphatic rings. The Kier molecular flexibility index (Phi) is 19.4. The van der Waals surface area contributed by atoms with E-state index in [0.29, 0.717) is 13.3 Å². The number of amides is 1. The maximum atomic E-state index is 11.7.